The summed E-state index contributed by atoms with van der Waals surface area (Å²) in [4.78, 5) is 11.2. The minimum absolute atomic E-state index is 0.218. The van der Waals surface area contributed by atoms with Crippen molar-refractivity contribution in [1.82, 2.24) is 0 Å². The van der Waals surface area contributed by atoms with E-state index in [4.69, 9.17) is 10.5 Å². The molecule has 2 unspecified atom stereocenters. The van der Waals surface area contributed by atoms with Crippen LogP contribution in [0.15, 0.2) is 24.3 Å². The third-order valence-electron chi connectivity index (χ3n) is 3.47. The molecule has 0 bridgehead atoms. The van der Waals surface area contributed by atoms with Crippen LogP contribution in [0, 0.1) is 0 Å². The highest BCUT2D eigenvalue weighted by Gasteiger charge is 2.20. The zero-order valence-corrected chi connectivity index (χ0v) is 11.3. The molecule has 2 rings (SSSR count). The maximum atomic E-state index is 11.2. The van der Waals surface area contributed by atoms with Gasteiger partial charge in [0.1, 0.15) is 11.9 Å². The zero-order valence-electron chi connectivity index (χ0n) is 11.3. The quantitative estimate of drug-likeness (QED) is 0.845. The zero-order chi connectivity index (χ0) is 13.7. The Labute approximate surface area is 113 Å². The molecule has 19 heavy (non-hydrogen) atoms. The largest absolute Gasteiger partial charge is 0.490 e. The number of esters is 1. The minimum Gasteiger partial charge on any atom is -0.490 e. The van der Waals surface area contributed by atoms with E-state index in [1.165, 1.54) is 7.11 Å². The van der Waals surface area contributed by atoms with Crippen molar-refractivity contribution in [3.05, 3.63) is 29.8 Å². The fourth-order valence-electron chi connectivity index (χ4n) is 2.41. The second-order valence-corrected chi connectivity index (χ2v) is 5.06. The Morgan fingerprint density at radius 3 is 2.68 bits per heavy atom. The van der Waals surface area contributed by atoms with Crippen LogP contribution in [-0.2, 0) is 16.0 Å². The molecule has 1 saturated carbocycles. The second-order valence-electron chi connectivity index (χ2n) is 5.06. The average molecular weight is 263 g/mol. The van der Waals surface area contributed by atoms with E-state index in [0.717, 1.165) is 37.0 Å². The van der Waals surface area contributed by atoms with Gasteiger partial charge in [0.05, 0.1) is 13.5 Å². The molecule has 2 N–H and O–H groups in total. The van der Waals surface area contributed by atoms with Gasteiger partial charge in [-0.1, -0.05) is 12.1 Å². The van der Waals surface area contributed by atoms with Crippen LogP contribution < -0.4 is 10.5 Å². The molecule has 0 amide bonds. The molecule has 4 heteroatoms. The highest BCUT2D eigenvalue weighted by molar-refractivity contribution is 5.72. The molecule has 2 atom stereocenters. The Hall–Kier alpha value is -1.55. The van der Waals surface area contributed by atoms with Gasteiger partial charge < -0.3 is 15.2 Å². The first kappa shape index (κ1) is 13.9. The molecule has 1 aromatic rings. The van der Waals surface area contributed by atoms with Crippen molar-refractivity contribution < 1.29 is 14.3 Å². The number of rotatable bonds is 4. The normalized spacial score (nSPS) is 22.8. The van der Waals surface area contributed by atoms with Crippen LogP contribution in [0.3, 0.4) is 0 Å². The Morgan fingerprint density at radius 2 is 2.05 bits per heavy atom. The molecule has 0 aliphatic heterocycles. The van der Waals surface area contributed by atoms with E-state index < -0.39 is 0 Å². The average Bonchev–Trinajstić information content (AvgIpc) is 2.41. The number of carbonyl (C=O) groups is 1. The lowest BCUT2D eigenvalue weighted by Crippen LogP contribution is -2.33. The van der Waals surface area contributed by atoms with Crippen molar-refractivity contribution in [3.63, 3.8) is 0 Å². The number of nitrogens with two attached hydrogens (primary N) is 1. The van der Waals surface area contributed by atoms with Crippen molar-refractivity contribution >= 4 is 5.97 Å². The predicted octanol–water partition coefficient (Wildman–Crippen LogP) is 2.05. The topological polar surface area (TPSA) is 61.5 Å². The molecule has 1 aliphatic carbocycles. The van der Waals surface area contributed by atoms with Gasteiger partial charge in [-0.2, -0.15) is 0 Å². The van der Waals surface area contributed by atoms with Gasteiger partial charge in [-0.3, -0.25) is 4.79 Å². The third-order valence-corrected chi connectivity index (χ3v) is 3.47. The van der Waals surface area contributed by atoms with Gasteiger partial charge in [0.2, 0.25) is 0 Å². The SMILES string of the molecule is COC(=O)Cc1ccc(OC2CCCC(N)C2)cc1. The lowest BCUT2D eigenvalue weighted by Gasteiger charge is -2.27. The molecule has 0 aromatic heterocycles. The van der Waals surface area contributed by atoms with Crippen LogP contribution in [-0.4, -0.2) is 25.2 Å². The summed E-state index contributed by atoms with van der Waals surface area (Å²) < 4.78 is 10.5. The monoisotopic (exact) mass is 263 g/mol. The first-order valence-corrected chi connectivity index (χ1v) is 6.75. The van der Waals surface area contributed by atoms with E-state index in [1.807, 2.05) is 24.3 Å². The molecule has 0 spiro atoms. The number of methoxy groups -OCH3 is 1. The van der Waals surface area contributed by atoms with Gasteiger partial charge >= 0.3 is 5.97 Å². The van der Waals surface area contributed by atoms with Gasteiger partial charge in [0.25, 0.3) is 0 Å². The van der Waals surface area contributed by atoms with Gasteiger partial charge in [0, 0.05) is 6.04 Å². The molecular formula is C15H21NO3. The van der Waals surface area contributed by atoms with Crippen LogP contribution >= 0.6 is 0 Å². The van der Waals surface area contributed by atoms with Crippen molar-refractivity contribution in [3.8, 4) is 5.75 Å². The van der Waals surface area contributed by atoms with E-state index in [9.17, 15) is 4.79 Å². The highest BCUT2D eigenvalue weighted by Crippen LogP contribution is 2.23. The summed E-state index contributed by atoms with van der Waals surface area (Å²) in [6.07, 6.45) is 4.73. The summed E-state index contributed by atoms with van der Waals surface area (Å²) in [5.41, 5.74) is 6.87. The second kappa shape index (κ2) is 6.57. The van der Waals surface area contributed by atoms with Gasteiger partial charge in [0.15, 0.2) is 0 Å². The maximum Gasteiger partial charge on any atom is 0.309 e. The van der Waals surface area contributed by atoms with E-state index >= 15 is 0 Å². The lowest BCUT2D eigenvalue weighted by molar-refractivity contribution is -0.139. The summed E-state index contributed by atoms with van der Waals surface area (Å²) in [6.45, 7) is 0. The summed E-state index contributed by atoms with van der Waals surface area (Å²) in [5, 5.41) is 0. The maximum absolute atomic E-state index is 11.2. The number of carbonyl (C=O) groups excluding carboxylic acids is 1. The summed E-state index contributed by atoms with van der Waals surface area (Å²) in [6, 6.07) is 7.86. The molecule has 0 heterocycles. The molecule has 0 radical (unpaired) electrons. The summed E-state index contributed by atoms with van der Waals surface area (Å²) >= 11 is 0. The number of hydrogen-bond acceptors (Lipinski definition) is 4. The smallest absolute Gasteiger partial charge is 0.309 e. The summed E-state index contributed by atoms with van der Waals surface area (Å²) in [5.74, 6) is 0.611. The fraction of sp³-hybridized carbons (Fsp3) is 0.533. The summed E-state index contributed by atoms with van der Waals surface area (Å²) in [7, 11) is 1.39. The Kier molecular flexibility index (Phi) is 4.80. The third kappa shape index (κ3) is 4.24. The van der Waals surface area contributed by atoms with E-state index in [-0.39, 0.29) is 18.1 Å². The predicted molar refractivity (Wildman–Crippen MR) is 73.0 cm³/mol. The van der Waals surface area contributed by atoms with Crippen molar-refractivity contribution in [2.45, 2.75) is 44.2 Å². The first-order valence-electron chi connectivity index (χ1n) is 6.75. The fourth-order valence-corrected chi connectivity index (χ4v) is 2.41. The molecule has 4 nitrogen and oxygen atoms in total. The first-order chi connectivity index (χ1) is 9.17. The number of hydrogen-bond donors (Lipinski definition) is 1. The van der Waals surface area contributed by atoms with Gasteiger partial charge in [-0.25, -0.2) is 0 Å². The molecule has 1 aromatic carbocycles. The number of ether oxygens (including phenoxy) is 2. The Balaban J connectivity index is 1.89. The molecule has 1 fully saturated rings. The number of benzene rings is 1. The Morgan fingerprint density at radius 1 is 1.32 bits per heavy atom. The van der Waals surface area contributed by atoms with Gasteiger partial charge in [-0.15, -0.1) is 0 Å². The van der Waals surface area contributed by atoms with Gasteiger partial charge in [-0.05, 0) is 43.4 Å². The van der Waals surface area contributed by atoms with E-state index in [2.05, 4.69) is 4.74 Å². The molecule has 0 saturated heterocycles. The Bertz CT molecular complexity index is 416. The van der Waals surface area contributed by atoms with Crippen LogP contribution in [0.25, 0.3) is 0 Å². The lowest BCUT2D eigenvalue weighted by atomic mass is 9.93. The minimum atomic E-state index is -0.230. The van der Waals surface area contributed by atoms with Crippen LogP contribution in [0.1, 0.15) is 31.2 Å². The van der Waals surface area contributed by atoms with Crippen molar-refractivity contribution in [1.29, 1.82) is 0 Å². The van der Waals surface area contributed by atoms with Crippen LogP contribution in [0.2, 0.25) is 0 Å². The van der Waals surface area contributed by atoms with E-state index in [1.54, 1.807) is 0 Å². The molecule has 104 valence electrons. The molecular weight excluding hydrogens is 242 g/mol. The molecule has 1 aliphatic rings. The van der Waals surface area contributed by atoms with Crippen LogP contribution in [0.5, 0.6) is 5.75 Å². The highest BCUT2D eigenvalue weighted by atomic mass is 16.5. The van der Waals surface area contributed by atoms with Crippen molar-refractivity contribution in [2.24, 2.45) is 5.73 Å². The van der Waals surface area contributed by atoms with Crippen molar-refractivity contribution in [2.75, 3.05) is 7.11 Å². The standard InChI is InChI=1S/C15H21NO3/c1-18-15(17)9-11-5-7-13(8-6-11)19-14-4-2-3-12(16)10-14/h5-8,12,14H,2-4,9-10,16H2,1H3. The van der Waals surface area contributed by atoms with Crippen LogP contribution in [0.4, 0.5) is 0 Å². The van der Waals surface area contributed by atoms with E-state index in [0.29, 0.717) is 6.42 Å².